The highest BCUT2D eigenvalue weighted by atomic mass is 35.5. The lowest BCUT2D eigenvalue weighted by molar-refractivity contribution is -0.384. The van der Waals surface area contributed by atoms with Crippen molar-refractivity contribution >= 4 is 29.2 Å². The van der Waals surface area contributed by atoms with Crippen LogP contribution in [0.2, 0.25) is 5.02 Å². The summed E-state index contributed by atoms with van der Waals surface area (Å²) in [5, 5.41) is 19.5. The summed E-state index contributed by atoms with van der Waals surface area (Å²) in [6, 6.07) is 2.97. The van der Waals surface area contributed by atoms with E-state index in [0.29, 0.717) is 6.61 Å². The Morgan fingerprint density at radius 1 is 1.50 bits per heavy atom. The Labute approximate surface area is 130 Å². The number of amides is 1. The van der Waals surface area contributed by atoms with Crippen molar-refractivity contribution in [1.82, 2.24) is 4.90 Å². The van der Waals surface area contributed by atoms with Gasteiger partial charge in [-0.2, -0.15) is 0 Å². The molecule has 1 aromatic rings. The van der Waals surface area contributed by atoms with E-state index in [-0.39, 0.29) is 35.8 Å². The van der Waals surface area contributed by atoms with Gasteiger partial charge in [0, 0.05) is 18.7 Å². The predicted molar refractivity (Wildman–Crippen MR) is 76.0 cm³/mol. The molecule has 1 fully saturated rings. The highest BCUT2D eigenvalue weighted by molar-refractivity contribution is 6.34. The molecule has 8 nitrogen and oxygen atoms in total. The molecule has 1 saturated heterocycles. The monoisotopic (exact) mass is 328 g/mol. The number of hydrogen-bond acceptors (Lipinski definition) is 5. The number of halogens is 1. The molecule has 1 N–H and O–H groups in total. The van der Waals surface area contributed by atoms with Crippen molar-refractivity contribution in [3.05, 3.63) is 38.9 Å². The van der Waals surface area contributed by atoms with E-state index in [4.69, 9.17) is 21.4 Å². The van der Waals surface area contributed by atoms with E-state index < -0.39 is 22.8 Å². The fourth-order valence-electron chi connectivity index (χ4n) is 2.24. The molecule has 1 unspecified atom stereocenters. The standard InChI is InChI=1S/C13H13ClN2O6/c14-11-5-8(16(20)21)1-2-10(11)13(19)15-3-4-22-7-9(15)6-12(17)18/h1-2,5,9H,3-4,6-7H2,(H,17,18). The first-order chi connectivity index (χ1) is 10.4. The largest absolute Gasteiger partial charge is 0.481 e. The molecule has 1 amide bonds. The smallest absolute Gasteiger partial charge is 0.305 e. The molecular formula is C13H13ClN2O6. The quantitative estimate of drug-likeness (QED) is 0.663. The Hall–Kier alpha value is -2.19. The molecule has 9 heteroatoms. The zero-order valence-electron chi connectivity index (χ0n) is 11.4. The van der Waals surface area contributed by atoms with Gasteiger partial charge in [-0.1, -0.05) is 11.6 Å². The second-order valence-electron chi connectivity index (χ2n) is 4.75. The number of carbonyl (C=O) groups excluding carboxylic acids is 1. The third kappa shape index (κ3) is 3.52. The number of hydrogen-bond donors (Lipinski definition) is 1. The summed E-state index contributed by atoms with van der Waals surface area (Å²) in [5.74, 6) is -1.50. The summed E-state index contributed by atoms with van der Waals surface area (Å²) in [5.41, 5.74) is -0.116. The van der Waals surface area contributed by atoms with Crippen molar-refractivity contribution in [2.24, 2.45) is 0 Å². The second-order valence-corrected chi connectivity index (χ2v) is 5.15. The Bertz CT molecular complexity index is 621. The van der Waals surface area contributed by atoms with Crippen LogP contribution in [-0.4, -0.2) is 52.6 Å². The predicted octanol–water partition coefficient (Wildman–Crippen LogP) is 1.56. The first-order valence-electron chi connectivity index (χ1n) is 6.44. The van der Waals surface area contributed by atoms with Crippen LogP contribution in [0, 0.1) is 10.1 Å². The average Bonchev–Trinajstić information content (AvgIpc) is 2.46. The van der Waals surface area contributed by atoms with Gasteiger partial charge in [0.25, 0.3) is 11.6 Å². The zero-order valence-corrected chi connectivity index (χ0v) is 12.2. The SMILES string of the molecule is O=C(O)CC1COCCN1C(=O)c1ccc([N+](=O)[O-])cc1Cl. The maximum absolute atomic E-state index is 12.5. The number of carbonyl (C=O) groups is 2. The summed E-state index contributed by atoms with van der Waals surface area (Å²) in [6.45, 7) is 0.666. The first kappa shape index (κ1) is 16.2. The maximum atomic E-state index is 12.5. The topological polar surface area (TPSA) is 110 Å². The molecule has 0 saturated carbocycles. The zero-order chi connectivity index (χ0) is 16.3. The molecule has 0 bridgehead atoms. The lowest BCUT2D eigenvalue weighted by Gasteiger charge is -2.35. The van der Waals surface area contributed by atoms with Crippen LogP contribution in [0.25, 0.3) is 0 Å². The minimum atomic E-state index is -1.04. The molecule has 0 aromatic heterocycles. The summed E-state index contributed by atoms with van der Waals surface area (Å²) in [6.07, 6.45) is -0.240. The molecule has 1 atom stereocenters. The van der Waals surface area contributed by atoms with Gasteiger partial charge in [0.2, 0.25) is 0 Å². The fourth-order valence-corrected chi connectivity index (χ4v) is 2.49. The number of carboxylic acid groups (broad SMARTS) is 1. The van der Waals surface area contributed by atoms with Crippen LogP contribution in [0.1, 0.15) is 16.8 Å². The van der Waals surface area contributed by atoms with Crippen LogP contribution in [0.5, 0.6) is 0 Å². The molecule has 0 spiro atoms. The Morgan fingerprint density at radius 2 is 2.23 bits per heavy atom. The third-order valence-corrected chi connectivity index (χ3v) is 3.61. The number of morpholine rings is 1. The van der Waals surface area contributed by atoms with E-state index in [9.17, 15) is 19.7 Å². The first-order valence-corrected chi connectivity index (χ1v) is 6.82. The lowest BCUT2D eigenvalue weighted by atomic mass is 10.1. The number of nitro groups is 1. The summed E-state index contributed by atoms with van der Waals surface area (Å²) < 4.78 is 5.20. The Kier molecular flexibility index (Phi) is 4.94. The van der Waals surface area contributed by atoms with E-state index in [1.54, 1.807) is 0 Å². The van der Waals surface area contributed by atoms with E-state index in [2.05, 4.69) is 0 Å². The minimum absolute atomic E-state index is 0.0419. The molecule has 2 rings (SSSR count). The second kappa shape index (κ2) is 6.71. The van der Waals surface area contributed by atoms with Gasteiger partial charge in [-0.3, -0.25) is 19.7 Å². The highest BCUT2D eigenvalue weighted by Gasteiger charge is 2.31. The van der Waals surface area contributed by atoms with Gasteiger partial charge in [0.15, 0.2) is 0 Å². The number of benzene rings is 1. The van der Waals surface area contributed by atoms with Gasteiger partial charge >= 0.3 is 5.97 Å². The lowest BCUT2D eigenvalue weighted by Crippen LogP contribution is -2.49. The van der Waals surface area contributed by atoms with Gasteiger partial charge in [0.05, 0.1) is 41.2 Å². The normalized spacial score (nSPS) is 18.0. The van der Waals surface area contributed by atoms with Crippen LogP contribution in [0.3, 0.4) is 0 Å². The highest BCUT2D eigenvalue weighted by Crippen LogP contribution is 2.25. The van der Waals surface area contributed by atoms with Crippen LogP contribution in [-0.2, 0) is 9.53 Å². The molecule has 22 heavy (non-hydrogen) atoms. The summed E-state index contributed by atoms with van der Waals surface area (Å²) in [7, 11) is 0. The Balaban J connectivity index is 2.25. The van der Waals surface area contributed by atoms with Gasteiger partial charge in [-0.25, -0.2) is 0 Å². The van der Waals surface area contributed by atoms with Gasteiger partial charge < -0.3 is 14.7 Å². The summed E-state index contributed by atoms with van der Waals surface area (Å²) >= 11 is 5.94. The molecule has 118 valence electrons. The van der Waals surface area contributed by atoms with Gasteiger partial charge in [-0.15, -0.1) is 0 Å². The average molecular weight is 329 g/mol. The minimum Gasteiger partial charge on any atom is -0.481 e. The van der Waals surface area contributed by atoms with Crippen LogP contribution in [0.15, 0.2) is 18.2 Å². The number of nitro benzene ring substituents is 1. The fraction of sp³-hybridized carbons (Fsp3) is 0.385. The molecule has 0 aliphatic carbocycles. The number of carboxylic acids is 1. The van der Waals surface area contributed by atoms with Crippen molar-refractivity contribution < 1.29 is 24.4 Å². The third-order valence-electron chi connectivity index (χ3n) is 3.29. The molecule has 1 heterocycles. The van der Waals surface area contributed by atoms with E-state index >= 15 is 0 Å². The van der Waals surface area contributed by atoms with Crippen LogP contribution >= 0.6 is 11.6 Å². The number of aliphatic carboxylic acids is 1. The van der Waals surface area contributed by atoms with E-state index in [0.717, 1.165) is 6.07 Å². The molecule has 1 aliphatic rings. The van der Waals surface area contributed by atoms with Gasteiger partial charge in [0.1, 0.15) is 0 Å². The van der Waals surface area contributed by atoms with Crippen LogP contribution < -0.4 is 0 Å². The van der Waals surface area contributed by atoms with Crippen molar-refractivity contribution in [3.8, 4) is 0 Å². The molecular weight excluding hydrogens is 316 g/mol. The summed E-state index contributed by atoms with van der Waals surface area (Å²) in [4.78, 5) is 34.8. The molecule has 1 aliphatic heterocycles. The van der Waals surface area contributed by atoms with Crippen molar-refractivity contribution in [2.45, 2.75) is 12.5 Å². The number of rotatable bonds is 4. The van der Waals surface area contributed by atoms with E-state index in [1.165, 1.54) is 17.0 Å². The Morgan fingerprint density at radius 3 is 2.82 bits per heavy atom. The van der Waals surface area contributed by atoms with Crippen molar-refractivity contribution in [1.29, 1.82) is 0 Å². The molecule has 0 radical (unpaired) electrons. The maximum Gasteiger partial charge on any atom is 0.305 e. The van der Waals surface area contributed by atoms with Gasteiger partial charge in [-0.05, 0) is 6.07 Å². The number of nitrogens with zero attached hydrogens (tertiary/aromatic N) is 2. The van der Waals surface area contributed by atoms with Crippen molar-refractivity contribution in [3.63, 3.8) is 0 Å². The molecule has 1 aromatic carbocycles. The van der Waals surface area contributed by atoms with E-state index in [1.807, 2.05) is 0 Å². The number of non-ortho nitro benzene ring substituents is 1. The van der Waals surface area contributed by atoms with Crippen LogP contribution in [0.4, 0.5) is 5.69 Å². The number of ether oxygens (including phenoxy) is 1. The van der Waals surface area contributed by atoms with Crippen molar-refractivity contribution in [2.75, 3.05) is 19.8 Å².